The van der Waals surface area contributed by atoms with Crippen molar-refractivity contribution in [1.82, 2.24) is 9.88 Å². The monoisotopic (exact) mass is 219 g/mol. The molecule has 1 aromatic heterocycles. The summed E-state index contributed by atoms with van der Waals surface area (Å²) in [6.07, 6.45) is 4.47. The number of anilines is 1. The number of nitrogen functional groups attached to an aromatic ring is 1. The van der Waals surface area contributed by atoms with Crippen LogP contribution in [0.2, 0.25) is 0 Å². The van der Waals surface area contributed by atoms with Gasteiger partial charge in [-0.3, -0.25) is 4.90 Å². The van der Waals surface area contributed by atoms with Gasteiger partial charge in [-0.25, -0.2) is 4.98 Å². The fourth-order valence-corrected chi connectivity index (χ4v) is 2.51. The lowest BCUT2D eigenvalue weighted by atomic mass is 10.1. The quantitative estimate of drug-likeness (QED) is 0.849. The molecule has 0 amide bonds. The van der Waals surface area contributed by atoms with Gasteiger partial charge in [0.05, 0.1) is 0 Å². The molecule has 1 aliphatic rings. The Labute approximate surface area is 97.7 Å². The van der Waals surface area contributed by atoms with Gasteiger partial charge >= 0.3 is 0 Å². The number of likely N-dealkylation sites (tertiary alicyclic amines) is 1. The van der Waals surface area contributed by atoms with Gasteiger partial charge in [-0.05, 0) is 36.9 Å². The van der Waals surface area contributed by atoms with E-state index in [9.17, 15) is 0 Å². The topological polar surface area (TPSA) is 42.1 Å². The van der Waals surface area contributed by atoms with E-state index in [4.69, 9.17) is 5.73 Å². The minimum Gasteiger partial charge on any atom is -0.384 e. The Kier molecular flexibility index (Phi) is 3.44. The highest BCUT2D eigenvalue weighted by Crippen LogP contribution is 2.32. The molecule has 3 nitrogen and oxygen atoms in total. The zero-order valence-corrected chi connectivity index (χ0v) is 10.2. The van der Waals surface area contributed by atoms with Crippen molar-refractivity contribution in [3.8, 4) is 0 Å². The van der Waals surface area contributed by atoms with E-state index in [1.54, 1.807) is 0 Å². The van der Waals surface area contributed by atoms with E-state index in [0.717, 1.165) is 5.92 Å². The maximum absolute atomic E-state index is 5.62. The molecule has 0 bridgehead atoms. The summed E-state index contributed by atoms with van der Waals surface area (Å²) in [6, 6.07) is 4.57. The van der Waals surface area contributed by atoms with E-state index >= 15 is 0 Å². The summed E-state index contributed by atoms with van der Waals surface area (Å²) in [4.78, 5) is 6.76. The summed E-state index contributed by atoms with van der Waals surface area (Å²) in [5.74, 6) is 1.33. The Balaban J connectivity index is 2.10. The third-order valence-electron chi connectivity index (χ3n) is 3.16. The molecule has 3 heteroatoms. The van der Waals surface area contributed by atoms with E-state index < -0.39 is 0 Å². The second-order valence-electron chi connectivity index (χ2n) is 5.06. The number of nitrogens with zero attached hydrogens (tertiary/aromatic N) is 2. The number of pyridine rings is 1. The van der Waals surface area contributed by atoms with Crippen LogP contribution in [0.25, 0.3) is 0 Å². The molecule has 16 heavy (non-hydrogen) atoms. The van der Waals surface area contributed by atoms with Crippen molar-refractivity contribution in [2.45, 2.75) is 32.7 Å². The van der Waals surface area contributed by atoms with Gasteiger partial charge in [0.25, 0.3) is 0 Å². The third-order valence-corrected chi connectivity index (χ3v) is 3.16. The highest BCUT2D eigenvalue weighted by molar-refractivity contribution is 5.30. The first kappa shape index (κ1) is 11.4. The molecule has 1 aromatic rings. The van der Waals surface area contributed by atoms with Crippen LogP contribution in [0, 0.1) is 5.92 Å². The van der Waals surface area contributed by atoms with E-state index in [2.05, 4.69) is 29.8 Å². The van der Waals surface area contributed by atoms with Crippen molar-refractivity contribution in [2.24, 2.45) is 5.92 Å². The highest BCUT2D eigenvalue weighted by atomic mass is 15.2. The van der Waals surface area contributed by atoms with Crippen molar-refractivity contribution in [2.75, 3.05) is 18.8 Å². The lowest BCUT2D eigenvalue weighted by Crippen LogP contribution is -2.27. The van der Waals surface area contributed by atoms with Crippen LogP contribution < -0.4 is 5.73 Å². The average Bonchev–Trinajstić information content (AvgIpc) is 2.66. The highest BCUT2D eigenvalue weighted by Gasteiger charge is 2.26. The van der Waals surface area contributed by atoms with Crippen LogP contribution in [0.4, 0.5) is 5.82 Å². The lowest BCUT2D eigenvalue weighted by Gasteiger charge is -2.26. The first-order chi connectivity index (χ1) is 7.66. The van der Waals surface area contributed by atoms with Crippen molar-refractivity contribution in [3.05, 3.63) is 23.9 Å². The molecule has 2 N–H and O–H groups in total. The molecule has 0 saturated carbocycles. The van der Waals surface area contributed by atoms with E-state index in [1.165, 1.54) is 31.5 Å². The number of hydrogen-bond donors (Lipinski definition) is 1. The Hall–Kier alpha value is -1.09. The first-order valence-electron chi connectivity index (χ1n) is 6.12. The van der Waals surface area contributed by atoms with Gasteiger partial charge < -0.3 is 5.73 Å². The van der Waals surface area contributed by atoms with Crippen LogP contribution in [0.3, 0.4) is 0 Å². The molecule has 1 aliphatic heterocycles. The Morgan fingerprint density at radius 2 is 2.31 bits per heavy atom. The average molecular weight is 219 g/mol. The summed E-state index contributed by atoms with van der Waals surface area (Å²) in [6.45, 7) is 6.94. The van der Waals surface area contributed by atoms with Crippen LogP contribution in [0.5, 0.6) is 0 Å². The molecule has 0 aromatic carbocycles. The minimum absolute atomic E-state index is 0.551. The summed E-state index contributed by atoms with van der Waals surface area (Å²) in [7, 11) is 0. The second kappa shape index (κ2) is 4.83. The Morgan fingerprint density at radius 1 is 1.50 bits per heavy atom. The molecule has 1 saturated heterocycles. The number of aromatic nitrogens is 1. The maximum atomic E-state index is 5.62. The fourth-order valence-electron chi connectivity index (χ4n) is 2.51. The van der Waals surface area contributed by atoms with Crippen LogP contribution in [0.15, 0.2) is 18.3 Å². The summed E-state index contributed by atoms with van der Waals surface area (Å²) in [5.41, 5.74) is 6.93. The third kappa shape index (κ3) is 2.53. The van der Waals surface area contributed by atoms with Crippen molar-refractivity contribution >= 4 is 5.82 Å². The molecular weight excluding hydrogens is 198 g/mol. The summed E-state index contributed by atoms with van der Waals surface area (Å²) >= 11 is 0. The number of nitrogens with two attached hydrogens (primary N) is 1. The number of hydrogen-bond acceptors (Lipinski definition) is 3. The van der Waals surface area contributed by atoms with Crippen molar-refractivity contribution in [3.63, 3.8) is 0 Å². The van der Waals surface area contributed by atoms with Crippen LogP contribution in [0.1, 0.15) is 38.3 Å². The van der Waals surface area contributed by atoms with Crippen molar-refractivity contribution in [1.29, 1.82) is 0 Å². The molecule has 2 rings (SSSR count). The van der Waals surface area contributed by atoms with Gasteiger partial charge in [0, 0.05) is 18.8 Å². The van der Waals surface area contributed by atoms with Gasteiger partial charge in [0.1, 0.15) is 5.82 Å². The summed E-state index contributed by atoms with van der Waals surface area (Å²) in [5, 5.41) is 0. The van der Waals surface area contributed by atoms with Gasteiger partial charge in [-0.1, -0.05) is 19.9 Å². The van der Waals surface area contributed by atoms with E-state index in [-0.39, 0.29) is 0 Å². The lowest BCUT2D eigenvalue weighted by molar-refractivity contribution is 0.228. The zero-order chi connectivity index (χ0) is 11.5. The standard InChI is InChI=1S/C13H21N3/c1-10(2)9-16-7-3-4-12(16)11-5-6-13(14)15-8-11/h5-6,8,10,12H,3-4,7,9H2,1-2H3,(H2,14,15)/t12-/m0/s1. The van der Waals surface area contributed by atoms with E-state index in [1.807, 2.05) is 12.3 Å². The maximum Gasteiger partial charge on any atom is 0.123 e. The predicted molar refractivity (Wildman–Crippen MR) is 67.0 cm³/mol. The second-order valence-corrected chi connectivity index (χ2v) is 5.06. The Bertz CT molecular complexity index is 332. The molecule has 0 unspecified atom stereocenters. The molecular formula is C13H21N3. The van der Waals surface area contributed by atoms with Gasteiger partial charge in [-0.2, -0.15) is 0 Å². The van der Waals surface area contributed by atoms with E-state index in [0.29, 0.717) is 11.9 Å². The smallest absolute Gasteiger partial charge is 0.123 e. The molecule has 88 valence electrons. The largest absolute Gasteiger partial charge is 0.384 e. The van der Waals surface area contributed by atoms with Crippen LogP contribution >= 0.6 is 0 Å². The Morgan fingerprint density at radius 3 is 2.94 bits per heavy atom. The van der Waals surface area contributed by atoms with Gasteiger partial charge in [0.2, 0.25) is 0 Å². The zero-order valence-electron chi connectivity index (χ0n) is 10.2. The molecule has 0 aliphatic carbocycles. The summed E-state index contributed by atoms with van der Waals surface area (Å²) < 4.78 is 0. The molecule has 1 fully saturated rings. The molecule has 1 atom stereocenters. The fraction of sp³-hybridized carbons (Fsp3) is 0.615. The molecule has 2 heterocycles. The SMILES string of the molecule is CC(C)CN1CCC[C@H]1c1ccc(N)nc1. The van der Waals surface area contributed by atoms with Crippen LogP contribution in [-0.4, -0.2) is 23.0 Å². The van der Waals surface area contributed by atoms with Gasteiger partial charge in [-0.15, -0.1) is 0 Å². The van der Waals surface area contributed by atoms with Crippen LogP contribution in [-0.2, 0) is 0 Å². The molecule has 0 radical (unpaired) electrons. The predicted octanol–water partition coefficient (Wildman–Crippen LogP) is 2.46. The number of rotatable bonds is 3. The normalized spacial score (nSPS) is 21.8. The van der Waals surface area contributed by atoms with Gasteiger partial charge in [0.15, 0.2) is 0 Å². The first-order valence-corrected chi connectivity index (χ1v) is 6.12. The minimum atomic E-state index is 0.551. The molecule has 0 spiro atoms. The van der Waals surface area contributed by atoms with Crippen molar-refractivity contribution < 1.29 is 0 Å².